The highest BCUT2D eigenvalue weighted by Crippen LogP contribution is 2.69. The Morgan fingerprint density at radius 3 is 1.35 bits per heavy atom. The number of benzene rings is 4. The zero-order chi connectivity index (χ0) is 35.5. The average molecular weight is 693 g/mol. The molecule has 4 aromatic carbocycles. The van der Waals surface area contributed by atoms with Crippen molar-refractivity contribution in [3.8, 4) is 0 Å². The summed E-state index contributed by atoms with van der Waals surface area (Å²) in [5.74, 6) is -0.616. The highest BCUT2D eigenvalue weighted by molar-refractivity contribution is 6.01. The molecule has 4 N–H and O–H groups in total. The van der Waals surface area contributed by atoms with Crippen molar-refractivity contribution in [2.75, 3.05) is 10.6 Å². The molecule has 4 aromatic rings. The largest absolute Gasteiger partial charge is 0.364 e. The van der Waals surface area contributed by atoms with E-state index in [9.17, 15) is 19.2 Å². The van der Waals surface area contributed by atoms with Crippen LogP contribution in [-0.2, 0) is 42.8 Å². The number of carbonyl (C=O) groups excluding carboxylic acids is 4. The molecule has 4 fully saturated rings. The molecule has 10 rings (SSSR count). The maximum atomic E-state index is 14.8. The monoisotopic (exact) mass is 692 g/mol. The number of nitrogens with one attached hydrogen (secondary N) is 4. The van der Waals surface area contributed by atoms with Gasteiger partial charge in [-0.15, -0.1) is 0 Å². The van der Waals surface area contributed by atoms with Gasteiger partial charge in [-0.2, -0.15) is 0 Å². The average Bonchev–Trinajstić information content (AvgIpc) is 3.85. The molecule has 0 bridgehead atoms. The Balaban J connectivity index is 1.16. The molecular weight excluding hydrogens is 652 g/mol. The fourth-order valence-corrected chi connectivity index (χ4v) is 11.1. The summed E-state index contributed by atoms with van der Waals surface area (Å²) in [6.07, 6.45) is 0.248. The first-order chi connectivity index (χ1) is 25.2. The van der Waals surface area contributed by atoms with Gasteiger partial charge < -0.3 is 31.1 Å². The van der Waals surface area contributed by atoms with Gasteiger partial charge in [0.15, 0.2) is 0 Å². The van der Waals surface area contributed by atoms with E-state index in [-0.39, 0.29) is 23.6 Å². The van der Waals surface area contributed by atoms with E-state index in [1.165, 1.54) is 0 Å². The van der Waals surface area contributed by atoms with Gasteiger partial charge in [-0.1, -0.05) is 84.9 Å². The summed E-state index contributed by atoms with van der Waals surface area (Å²) >= 11 is 0. The molecule has 0 aliphatic carbocycles. The first-order valence-electron chi connectivity index (χ1n) is 18.3. The van der Waals surface area contributed by atoms with Crippen LogP contribution < -0.4 is 21.3 Å². The van der Waals surface area contributed by atoms with Gasteiger partial charge in [-0.3, -0.25) is 19.2 Å². The van der Waals surface area contributed by atoms with Crippen LogP contribution in [0.1, 0.15) is 46.2 Å². The molecule has 0 saturated carbocycles. The van der Waals surface area contributed by atoms with E-state index in [4.69, 9.17) is 0 Å². The molecule has 0 aromatic heterocycles. The maximum Gasteiger partial charge on any atom is 0.247 e. The van der Waals surface area contributed by atoms with Crippen LogP contribution in [0, 0.1) is 13.8 Å². The molecular formula is C42H40N6O4. The Labute approximate surface area is 302 Å². The second-order valence-corrected chi connectivity index (χ2v) is 15.5. The predicted octanol–water partition coefficient (Wildman–Crippen LogP) is 3.67. The molecule has 8 atom stereocenters. The number of amides is 4. The van der Waals surface area contributed by atoms with Crippen LogP contribution in [0.15, 0.2) is 97.1 Å². The van der Waals surface area contributed by atoms with E-state index in [0.29, 0.717) is 25.7 Å². The van der Waals surface area contributed by atoms with Gasteiger partial charge >= 0.3 is 0 Å². The Bertz CT molecular complexity index is 2040. The minimum Gasteiger partial charge on any atom is -0.364 e. The first-order valence-corrected chi connectivity index (χ1v) is 18.3. The number of nitrogens with zero attached hydrogens (tertiary/aromatic N) is 2. The van der Waals surface area contributed by atoms with Crippen molar-refractivity contribution in [1.29, 1.82) is 0 Å². The third-order valence-electron chi connectivity index (χ3n) is 12.9. The van der Waals surface area contributed by atoms with Gasteiger partial charge in [0.1, 0.15) is 36.5 Å². The standard InChI is InChI=1S/C42H40N6O4/c1-23-11-9-17-27-33(23)41(21-31-35(49)43-29(19-25-13-5-3-6-14-25)37(51)47(31)39(41)45-27)42-22-32-36(50)44-30(20-26-15-7-4-8-16-26)38(52)48(32)40(42)46-28-18-10-12-24(2)34(28)42/h3-18,29-32,39-40,45-46H,19-22H2,1-2H3,(H,43,49)(H,44,50)/t29-,30-,31-,32-,39+,40+,41-,42-/m0/s1. The fraction of sp³-hybridized carbons (Fsp3) is 0.333. The van der Waals surface area contributed by atoms with Gasteiger partial charge in [0.25, 0.3) is 0 Å². The minimum absolute atomic E-state index is 0.130. The smallest absolute Gasteiger partial charge is 0.247 e. The van der Waals surface area contributed by atoms with Gasteiger partial charge in [0, 0.05) is 24.2 Å². The topological polar surface area (TPSA) is 123 Å². The van der Waals surface area contributed by atoms with Gasteiger partial charge in [0.2, 0.25) is 23.6 Å². The lowest BCUT2D eigenvalue weighted by Gasteiger charge is -2.49. The molecule has 4 amide bonds. The lowest BCUT2D eigenvalue weighted by molar-refractivity contribution is -0.149. The van der Waals surface area contributed by atoms with E-state index in [2.05, 4.69) is 59.4 Å². The van der Waals surface area contributed by atoms with E-state index in [0.717, 1.165) is 44.8 Å². The number of aryl methyl sites for hydroxylation is 2. The van der Waals surface area contributed by atoms with E-state index >= 15 is 0 Å². The lowest BCUT2D eigenvalue weighted by atomic mass is 9.53. The molecule has 6 aliphatic heterocycles. The van der Waals surface area contributed by atoms with E-state index in [1.807, 2.05) is 82.6 Å². The van der Waals surface area contributed by atoms with Gasteiger partial charge in [0.05, 0.1) is 10.8 Å². The van der Waals surface area contributed by atoms with Crippen LogP contribution >= 0.6 is 0 Å². The third-order valence-corrected chi connectivity index (χ3v) is 12.9. The molecule has 6 heterocycles. The van der Waals surface area contributed by atoms with Crippen LogP contribution in [0.2, 0.25) is 0 Å². The quantitative estimate of drug-likeness (QED) is 0.253. The molecule has 0 unspecified atom stereocenters. The lowest BCUT2D eigenvalue weighted by Crippen LogP contribution is -2.67. The number of piperazine rings is 2. The summed E-state index contributed by atoms with van der Waals surface area (Å²) in [4.78, 5) is 61.8. The van der Waals surface area contributed by atoms with Crippen LogP contribution in [0.5, 0.6) is 0 Å². The number of rotatable bonds is 5. The first kappa shape index (κ1) is 31.1. The highest BCUT2D eigenvalue weighted by Gasteiger charge is 2.78. The molecule has 4 saturated heterocycles. The van der Waals surface area contributed by atoms with Crippen molar-refractivity contribution >= 4 is 35.0 Å². The number of carbonyl (C=O) groups is 4. The Kier molecular flexibility index (Phi) is 6.54. The molecule has 262 valence electrons. The number of hydrogen-bond donors (Lipinski definition) is 4. The second kappa shape index (κ2) is 10.9. The summed E-state index contributed by atoms with van der Waals surface area (Å²) in [5, 5.41) is 13.8. The molecule has 10 heteroatoms. The molecule has 52 heavy (non-hydrogen) atoms. The van der Waals surface area contributed by atoms with E-state index in [1.54, 1.807) is 0 Å². The third kappa shape index (κ3) is 3.95. The molecule has 0 radical (unpaired) electrons. The Morgan fingerprint density at radius 1 is 0.538 bits per heavy atom. The summed E-state index contributed by atoms with van der Waals surface area (Å²) in [7, 11) is 0. The van der Waals surface area contributed by atoms with Crippen LogP contribution in [-0.4, -0.2) is 69.9 Å². The van der Waals surface area contributed by atoms with Gasteiger partial charge in [-0.25, -0.2) is 0 Å². The zero-order valence-corrected chi connectivity index (χ0v) is 29.1. The fourth-order valence-electron chi connectivity index (χ4n) is 11.1. The van der Waals surface area contributed by atoms with E-state index < -0.39 is 47.3 Å². The predicted molar refractivity (Wildman–Crippen MR) is 195 cm³/mol. The summed E-state index contributed by atoms with van der Waals surface area (Å²) in [6.45, 7) is 4.18. The minimum atomic E-state index is -0.880. The molecule has 0 spiro atoms. The van der Waals surface area contributed by atoms with Crippen LogP contribution in [0.25, 0.3) is 0 Å². The van der Waals surface area contributed by atoms with Crippen molar-refractivity contribution in [2.45, 2.75) is 86.9 Å². The number of fused-ring (bicyclic) bond motifs is 11. The number of hydrogen-bond acceptors (Lipinski definition) is 6. The zero-order valence-electron chi connectivity index (χ0n) is 29.1. The second-order valence-electron chi connectivity index (χ2n) is 15.5. The van der Waals surface area contributed by atoms with Crippen LogP contribution in [0.4, 0.5) is 11.4 Å². The van der Waals surface area contributed by atoms with Crippen molar-refractivity contribution in [3.05, 3.63) is 130 Å². The van der Waals surface area contributed by atoms with Gasteiger partial charge in [-0.05, 0) is 72.2 Å². The Morgan fingerprint density at radius 2 is 0.942 bits per heavy atom. The highest BCUT2D eigenvalue weighted by atomic mass is 16.2. The molecule has 6 aliphatic rings. The Hall–Kier alpha value is -5.64. The summed E-state index contributed by atoms with van der Waals surface area (Å²) < 4.78 is 0. The maximum absolute atomic E-state index is 14.8. The SMILES string of the molecule is Cc1cccc2c1[C@@]1([C@]34C[C@H]5C(=O)N[C@@H](Cc6ccccc6)C(=O)N5[C@H]3Nc3cccc(C)c34)C[C@H]3C(=O)N[C@@H](Cc4ccccc4)C(=O)N3[C@H]1N2. The summed E-state index contributed by atoms with van der Waals surface area (Å²) in [5.41, 5.74) is 6.18. The van der Waals surface area contributed by atoms with Crippen molar-refractivity contribution < 1.29 is 19.2 Å². The molecule has 10 nitrogen and oxygen atoms in total. The normalized spacial score (nSPS) is 32.1. The van der Waals surface area contributed by atoms with Crippen molar-refractivity contribution in [1.82, 2.24) is 20.4 Å². The van der Waals surface area contributed by atoms with Crippen LogP contribution in [0.3, 0.4) is 0 Å². The van der Waals surface area contributed by atoms with Crippen molar-refractivity contribution in [3.63, 3.8) is 0 Å². The summed E-state index contributed by atoms with van der Waals surface area (Å²) in [6, 6.07) is 28.9. The van der Waals surface area contributed by atoms with Crippen molar-refractivity contribution in [2.24, 2.45) is 0 Å². The number of anilines is 2.